The third-order valence-electron chi connectivity index (χ3n) is 8.66. The van der Waals surface area contributed by atoms with Gasteiger partial charge in [0.1, 0.15) is 36.8 Å². The van der Waals surface area contributed by atoms with Crippen molar-refractivity contribution in [1.82, 2.24) is 0 Å². The van der Waals surface area contributed by atoms with Gasteiger partial charge in [-0.25, -0.2) is 0 Å². The number of hydrogen-bond donors (Lipinski definition) is 4. The molecule has 1 aliphatic heterocycles. The molecule has 328 valence electrons. The van der Waals surface area contributed by atoms with E-state index in [9.17, 15) is 37.9 Å². The number of rotatable bonds is 32. The molecular weight excluding hydrogens is 765 g/mol. The Morgan fingerprint density at radius 2 is 1.02 bits per heavy atom. The normalized spacial score (nSPS) is 21.4. The SMILES string of the molecule is CC/C=C\C/C=C\C/C=C\C/C=C\CCCCC(=O)OCC(COC1OC(CS(=O)(=O)O)C(O)C(O)C1O)OC(=O)CCCC/C=C\C/C=C\C/C=C\C/C=C\CC. The fourth-order valence-electron chi connectivity index (χ4n) is 5.48. The topological polar surface area (TPSA) is 186 Å². The van der Waals surface area contributed by atoms with E-state index in [0.717, 1.165) is 77.0 Å². The molecule has 12 nitrogen and oxygen atoms in total. The lowest BCUT2D eigenvalue weighted by Crippen LogP contribution is -2.60. The van der Waals surface area contributed by atoms with Crippen molar-refractivity contribution >= 4 is 22.1 Å². The van der Waals surface area contributed by atoms with Crippen molar-refractivity contribution in [3.05, 3.63) is 97.2 Å². The van der Waals surface area contributed by atoms with Gasteiger partial charge in [-0.3, -0.25) is 14.1 Å². The number of carbonyl (C=O) groups excluding carboxylic acids is 2. The van der Waals surface area contributed by atoms with Crippen LogP contribution in [0.4, 0.5) is 0 Å². The molecule has 1 heterocycles. The number of aliphatic hydroxyl groups excluding tert-OH is 3. The summed E-state index contributed by atoms with van der Waals surface area (Å²) >= 11 is 0. The van der Waals surface area contributed by atoms with Crippen molar-refractivity contribution in [1.29, 1.82) is 0 Å². The summed E-state index contributed by atoms with van der Waals surface area (Å²) in [4.78, 5) is 25.3. The lowest BCUT2D eigenvalue weighted by molar-refractivity contribution is -0.297. The molecule has 6 unspecified atom stereocenters. The van der Waals surface area contributed by atoms with E-state index in [1.807, 2.05) is 0 Å². The molecule has 4 N–H and O–H groups in total. The summed E-state index contributed by atoms with van der Waals surface area (Å²) in [5.74, 6) is -2.11. The summed E-state index contributed by atoms with van der Waals surface area (Å²) in [6.45, 7) is 3.42. The van der Waals surface area contributed by atoms with Gasteiger partial charge in [-0.1, -0.05) is 111 Å². The quantitative estimate of drug-likeness (QED) is 0.0223. The highest BCUT2D eigenvalue weighted by Gasteiger charge is 2.46. The molecule has 6 atom stereocenters. The predicted octanol–water partition coefficient (Wildman–Crippen LogP) is 7.88. The van der Waals surface area contributed by atoms with Crippen LogP contribution in [-0.2, 0) is 38.7 Å². The zero-order valence-electron chi connectivity index (χ0n) is 34.6. The van der Waals surface area contributed by atoms with Gasteiger partial charge in [0.25, 0.3) is 10.1 Å². The number of esters is 2. The van der Waals surface area contributed by atoms with E-state index in [0.29, 0.717) is 12.8 Å². The van der Waals surface area contributed by atoms with Crippen LogP contribution in [0, 0.1) is 0 Å². The fourth-order valence-corrected chi connectivity index (χ4v) is 6.17. The van der Waals surface area contributed by atoms with Crippen molar-refractivity contribution in [2.75, 3.05) is 19.0 Å². The molecule has 1 saturated heterocycles. The number of unbranched alkanes of at least 4 members (excludes halogenated alkanes) is 4. The molecule has 1 fully saturated rings. The van der Waals surface area contributed by atoms with Crippen LogP contribution >= 0.6 is 0 Å². The second-order valence-corrected chi connectivity index (χ2v) is 15.4. The molecule has 1 aliphatic rings. The molecule has 0 spiro atoms. The summed E-state index contributed by atoms with van der Waals surface area (Å²) in [5, 5.41) is 30.8. The first kappa shape index (κ1) is 52.6. The van der Waals surface area contributed by atoms with Gasteiger partial charge < -0.3 is 34.3 Å². The van der Waals surface area contributed by atoms with Crippen LogP contribution < -0.4 is 0 Å². The first-order chi connectivity index (χ1) is 28.0. The molecule has 0 saturated carbocycles. The third kappa shape index (κ3) is 28.9. The number of aliphatic hydroxyl groups is 3. The van der Waals surface area contributed by atoms with Gasteiger partial charge in [-0.05, 0) is 89.9 Å². The average molecular weight is 835 g/mol. The van der Waals surface area contributed by atoms with Crippen molar-refractivity contribution < 1.29 is 56.8 Å². The van der Waals surface area contributed by atoms with Crippen LogP contribution in [0.15, 0.2) is 97.2 Å². The Labute approximate surface area is 347 Å². The minimum absolute atomic E-state index is 0.0964. The van der Waals surface area contributed by atoms with E-state index < -0.39 is 71.2 Å². The Bertz CT molecular complexity index is 1440. The standard InChI is InChI=1S/C45H70O12S/c1-3-5-7-9-11-13-15-17-19-21-23-25-27-29-31-33-40(46)54-35-38(36-55-45-44(50)43(49)42(48)39(57-45)37-58(51,52)53)56-41(47)34-32-30-28-26-24-22-20-18-16-14-12-10-8-6-4-2/h5-8,11-14,17-20,23-26,38-39,42-45,48-50H,3-4,9-10,15-16,21-22,27-37H2,1-2H3,(H,51,52,53)/b7-5-,8-6-,13-11-,14-12-,19-17-,20-18-,25-23-,26-24-. The first-order valence-electron chi connectivity index (χ1n) is 20.8. The molecule has 1 rings (SSSR count). The van der Waals surface area contributed by atoms with E-state index in [2.05, 4.69) is 111 Å². The Hall–Kier alpha value is -3.43. The first-order valence-corrected chi connectivity index (χ1v) is 22.4. The smallest absolute Gasteiger partial charge is 0.306 e. The number of ether oxygens (including phenoxy) is 4. The van der Waals surface area contributed by atoms with Crippen molar-refractivity contribution in [2.45, 2.75) is 153 Å². The summed E-state index contributed by atoms with van der Waals surface area (Å²) in [7, 11) is -4.62. The highest BCUT2D eigenvalue weighted by atomic mass is 32.2. The maximum absolute atomic E-state index is 12.8. The maximum Gasteiger partial charge on any atom is 0.306 e. The fraction of sp³-hybridized carbons (Fsp3) is 0.600. The van der Waals surface area contributed by atoms with Crippen LogP contribution in [0.25, 0.3) is 0 Å². The van der Waals surface area contributed by atoms with Crippen molar-refractivity contribution in [2.24, 2.45) is 0 Å². The second-order valence-electron chi connectivity index (χ2n) is 13.9. The van der Waals surface area contributed by atoms with Gasteiger partial charge in [0.2, 0.25) is 0 Å². The molecule has 0 aromatic rings. The number of allylic oxidation sites excluding steroid dienone is 16. The van der Waals surface area contributed by atoms with Gasteiger partial charge >= 0.3 is 11.9 Å². The van der Waals surface area contributed by atoms with E-state index in [1.54, 1.807) is 0 Å². The molecule has 0 aromatic heterocycles. The molecule has 0 amide bonds. The van der Waals surface area contributed by atoms with Gasteiger partial charge in [0.15, 0.2) is 12.4 Å². The highest BCUT2D eigenvalue weighted by Crippen LogP contribution is 2.23. The van der Waals surface area contributed by atoms with Gasteiger partial charge in [0, 0.05) is 12.8 Å². The average Bonchev–Trinajstić information content (AvgIpc) is 3.18. The van der Waals surface area contributed by atoms with Gasteiger partial charge in [-0.2, -0.15) is 8.42 Å². The minimum Gasteiger partial charge on any atom is -0.462 e. The van der Waals surface area contributed by atoms with E-state index in [4.69, 9.17) is 18.9 Å². The predicted molar refractivity (Wildman–Crippen MR) is 228 cm³/mol. The molecule has 0 bridgehead atoms. The lowest BCUT2D eigenvalue weighted by atomic mass is 10.00. The maximum atomic E-state index is 12.8. The van der Waals surface area contributed by atoms with Crippen LogP contribution in [0.3, 0.4) is 0 Å². The summed E-state index contributed by atoms with van der Waals surface area (Å²) in [6, 6.07) is 0. The summed E-state index contributed by atoms with van der Waals surface area (Å²) < 4.78 is 53.9. The Balaban J connectivity index is 2.56. The zero-order chi connectivity index (χ0) is 42.7. The number of carbonyl (C=O) groups is 2. The number of hydrogen-bond acceptors (Lipinski definition) is 11. The molecule has 0 aliphatic carbocycles. The Morgan fingerprint density at radius 1 is 0.586 bits per heavy atom. The van der Waals surface area contributed by atoms with Crippen LogP contribution in [-0.4, -0.2) is 96.0 Å². The highest BCUT2D eigenvalue weighted by molar-refractivity contribution is 7.85. The molecule has 58 heavy (non-hydrogen) atoms. The van der Waals surface area contributed by atoms with E-state index >= 15 is 0 Å². The lowest BCUT2D eigenvalue weighted by Gasteiger charge is -2.40. The Kier molecular flexibility index (Phi) is 31.2. The summed E-state index contributed by atoms with van der Waals surface area (Å²) in [6.07, 6.45) is 36.1. The molecule has 13 heteroatoms. The molecular formula is C45H70O12S. The molecule has 0 aromatic carbocycles. The van der Waals surface area contributed by atoms with Crippen molar-refractivity contribution in [3.63, 3.8) is 0 Å². The minimum atomic E-state index is -4.62. The van der Waals surface area contributed by atoms with Crippen LogP contribution in [0.1, 0.15) is 117 Å². The van der Waals surface area contributed by atoms with Gasteiger partial charge in [-0.15, -0.1) is 0 Å². The van der Waals surface area contributed by atoms with Gasteiger partial charge in [0.05, 0.1) is 6.61 Å². The largest absolute Gasteiger partial charge is 0.462 e. The monoisotopic (exact) mass is 834 g/mol. The summed E-state index contributed by atoms with van der Waals surface area (Å²) in [5.41, 5.74) is 0. The van der Waals surface area contributed by atoms with Crippen LogP contribution in [0.2, 0.25) is 0 Å². The second kappa shape index (κ2) is 34.4. The molecule has 0 radical (unpaired) electrons. The van der Waals surface area contributed by atoms with E-state index in [1.165, 1.54) is 0 Å². The Morgan fingerprint density at radius 3 is 1.47 bits per heavy atom. The van der Waals surface area contributed by atoms with Crippen LogP contribution in [0.5, 0.6) is 0 Å². The van der Waals surface area contributed by atoms with E-state index in [-0.39, 0.29) is 19.4 Å². The third-order valence-corrected chi connectivity index (χ3v) is 9.41. The zero-order valence-corrected chi connectivity index (χ0v) is 35.4. The van der Waals surface area contributed by atoms with Crippen molar-refractivity contribution in [3.8, 4) is 0 Å².